The summed E-state index contributed by atoms with van der Waals surface area (Å²) in [5.41, 5.74) is 0.819. The Bertz CT molecular complexity index is 892. The standard InChI is InChI=1S/C17H13BrN2O4S/c18-11-4-1-3-10(7-11)12(8-14(21)22)20-17(23)15-16(24-9-19-15)13-5-2-6-25-13/h1-7,9,12H,8H2,(H,20,23)(H,21,22). The molecule has 0 radical (unpaired) electrons. The summed E-state index contributed by atoms with van der Waals surface area (Å²) in [6.45, 7) is 0. The molecule has 0 saturated heterocycles. The van der Waals surface area contributed by atoms with Crippen molar-refractivity contribution < 1.29 is 19.1 Å². The molecule has 25 heavy (non-hydrogen) atoms. The first-order valence-electron chi connectivity index (χ1n) is 7.30. The number of nitrogens with zero attached hydrogens (tertiary/aromatic N) is 1. The number of carboxylic acid groups (broad SMARTS) is 1. The van der Waals surface area contributed by atoms with Crippen molar-refractivity contribution in [2.24, 2.45) is 0 Å². The molecule has 2 heterocycles. The van der Waals surface area contributed by atoms with Gasteiger partial charge in [0.05, 0.1) is 17.3 Å². The van der Waals surface area contributed by atoms with Crippen molar-refractivity contribution >= 4 is 39.1 Å². The number of halogens is 1. The maximum atomic E-state index is 12.6. The van der Waals surface area contributed by atoms with Crippen LogP contribution in [-0.4, -0.2) is 22.0 Å². The Morgan fingerprint density at radius 3 is 2.84 bits per heavy atom. The van der Waals surface area contributed by atoms with Crippen LogP contribution in [0.5, 0.6) is 0 Å². The quantitative estimate of drug-likeness (QED) is 0.625. The van der Waals surface area contributed by atoms with Crippen LogP contribution in [0.15, 0.2) is 57.1 Å². The smallest absolute Gasteiger partial charge is 0.305 e. The minimum Gasteiger partial charge on any atom is -0.481 e. The van der Waals surface area contributed by atoms with Gasteiger partial charge in [0, 0.05) is 4.47 Å². The van der Waals surface area contributed by atoms with Gasteiger partial charge in [0.1, 0.15) is 0 Å². The Balaban J connectivity index is 1.86. The number of carbonyl (C=O) groups excluding carboxylic acids is 1. The van der Waals surface area contributed by atoms with Crippen molar-refractivity contribution in [3.8, 4) is 10.6 Å². The number of hydrogen-bond donors (Lipinski definition) is 2. The average molecular weight is 421 g/mol. The highest BCUT2D eigenvalue weighted by atomic mass is 79.9. The monoisotopic (exact) mass is 420 g/mol. The maximum Gasteiger partial charge on any atom is 0.305 e. The topological polar surface area (TPSA) is 92.4 Å². The lowest BCUT2D eigenvalue weighted by atomic mass is 10.0. The van der Waals surface area contributed by atoms with Crippen molar-refractivity contribution in [3.05, 3.63) is 63.9 Å². The highest BCUT2D eigenvalue weighted by molar-refractivity contribution is 9.10. The molecule has 1 atom stereocenters. The molecule has 1 amide bonds. The van der Waals surface area contributed by atoms with E-state index in [0.717, 1.165) is 9.35 Å². The second-order valence-electron chi connectivity index (χ2n) is 5.19. The van der Waals surface area contributed by atoms with Gasteiger partial charge in [-0.2, -0.15) is 0 Å². The number of carbonyl (C=O) groups is 2. The lowest BCUT2D eigenvalue weighted by Crippen LogP contribution is -2.30. The number of hydrogen-bond acceptors (Lipinski definition) is 5. The van der Waals surface area contributed by atoms with E-state index in [0.29, 0.717) is 11.3 Å². The molecule has 2 N–H and O–H groups in total. The number of aliphatic carboxylic acids is 1. The minimum atomic E-state index is -1.01. The fourth-order valence-electron chi connectivity index (χ4n) is 2.37. The Labute approximate surface area is 155 Å². The average Bonchev–Trinajstić information content (AvgIpc) is 3.24. The molecule has 6 nitrogen and oxygen atoms in total. The number of oxazole rings is 1. The SMILES string of the molecule is O=C(O)CC(NC(=O)c1ncoc1-c1cccs1)c1cccc(Br)c1. The Kier molecular flexibility index (Phi) is 5.30. The van der Waals surface area contributed by atoms with Gasteiger partial charge in [-0.15, -0.1) is 11.3 Å². The Hall–Kier alpha value is -2.45. The van der Waals surface area contributed by atoms with Crippen LogP contribution in [0.1, 0.15) is 28.5 Å². The fraction of sp³-hybridized carbons (Fsp3) is 0.118. The number of amides is 1. The third kappa shape index (κ3) is 4.15. The number of aromatic nitrogens is 1. The molecular weight excluding hydrogens is 408 g/mol. The zero-order valence-electron chi connectivity index (χ0n) is 12.8. The first-order chi connectivity index (χ1) is 12.0. The van der Waals surface area contributed by atoms with Crippen molar-refractivity contribution in [2.45, 2.75) is 12.5 Å². The van der Waals surface area contributed by atoms with Gasteiger partial charge in [0.2, 0.25) is 0 Å². The van der Waals surface area contributed by atoms with Crippen LogP contribution in [0.25, 0.3) is 10.6 Å². The van der Waals surface area contributed by atoms with Crippen LogP contribution >= 0.6 is 27.3 Å². The third-order valence-electron chi connectivity index (χ3n) is 3.46. The van der Waals surface area contributed by atoms with Crippen LogP contribution in [0.4, 0.5) is 0 Å². The molecule has 1 unspecified atom stereocenters. The second kappa shape index (κ2) is 7.62. The summed E-state index contributed by atoms with van der Waals surface area (Å²) in [6.07, 6.45) is 0.962. The number of nitrogens with one attached hydrogen (secondary N) is 1. The molecule has 0 aliphatic carbocycles. The van der Waals surface area contributed by atoms with E-state index < -0.39 is 17.9 Å². The predicted octanol–water partition coefficient (Wildman–Crippen LogP) is 4.11. The van der Waals surface area contributed by atoms with E-state index >= 15 is 0 Å². The summed E-state index contributed by atoms with van der Waals surface area (Å²) in [5.74, 6) is -1.12. The summed E-state index contributed by atoms with van der Waals surface area (Å²) in [4.78, 5) is 28.6. The zero-order chi connectivity index (χ0) is 17.8. The summed E-state index contributed by atoms with van der Waals surface area (Å²) in [6, 6.07) is 10.1. The molecule has 0 spiro atoms. The van der Waals surface area contributed by atoms with Gasteiger partial charge in [0.15, 0.2) is 17.8 Å². The number of benzene rings is 1. The van der Waals surface area contributed by atoms with Crippen LogP contribution < -0.4 is 5.32 Å². The van der Waals surface area contributed by atoms with Crippen molar-refractivity contribution in [1.29, 1.82) is 0 Å². The maximum absolute atomic E-state index is 12.6. The van der Waals surface area contributed by atoms with Crippen molar-refractivity contribution in [1.82, 2.24) is 10.3 Å². The number of thiophene rings is 1. The molecule has 2 aromatic heterocycles. The molecule has 0 aliphatic heterocycles. The largest absolute Gasteiger partial charge is 0.481 e. The van der Waals surface area contributed by atoms with E-state index in [1.54, 1.807) is 18.2 Å². The molecule has 3 aromatic rings. The summed E-state index contributed by atoms with van der Waals surface area (Å²) in [5, 5.41) is 13.8. The first kappa shape index (κ1) is 17.4. The van der Waals surface area contributed by atoms with Crippen LogP contribution in [0.3, 0.4) is 0 Å². The van der Waals surface area contributed by atoms with Gasteiger partial charge in [-0.1, -0.05) is 34.1 Å². The molecule has 0 fully saturated rings. The predicted molar refractivity (Wildman–Crippen MR) is 96.4 cm³/mol. The fourth-order valence-corrected chi connectivity index (χ4v) is 3.50. The van der Waals surface area contributed by atoms with Crippen LogP contribution in [0.2, 0.25) is 0 Å². The molecule has 3 rings (SSSR count). The van der Waals surface area contributed by atoms with E-state index in [-0.39, 0.29) is 12.1 Å². The lowest BCUT2D eigenvalue weighted by molar-refractivity contribution is -0.137. The van der Waals surface area contributed by atoms with E-state index in [1.165, 1.54) is 17.7 Å². The lowest BCUT2D eigenvalue weighted by Gasteiger charge is -2.17. The van der Waals surface area contributed by atoms with Crippen molar-refractivity contribution in [2.75, 3.05) is 0 Å². The normalized spacial score (nSPS) is 11.9. The summed E-state index contributed by atoms with van der Waals surface area (Å²) in [7, 11) is 0. The summed E-state index contributed by atoms with van der Waals surface area (Å²) < 4.78 is 6.13. The molecular formula is C17H13BrN2O4S. The molecule has 1 aromatic carbocycles. The van der Waals surface area contributed by atoms with E-state index in [9.17, 15) is 9.59 Å². The second-order valence-corrected chi connectivity index (χ2v) is 7.05. The van der Waals surface area contributed by atoms with Crippen LogP contribution in [0, 0.1) is 0 Å². The Morgan fingerprint density at radius 2 is 2.16 bits per heavy atom. The van der Waals surface area contributed by atoms with Gasteiger partial charge in [-0.05, 0) is 29.1 Å². The molecule has 0 aliphatic rings. The van der Waals surface area contributed by atoms with Crippen LogP contribution in [-0.2, 0) is 4.79 Å². The Morgan fingerprint density at radius 1 is 1.32 bits per heavy atom. The number of carboxylic acids is 1. The molecule has 128 valence electrons. The molecule has 0 bridgehead atoms. The van der Waals surface area contributed by atoms with E-state index in [2.05, 4.69) is 26.2 Å². The van der Waals surface area contributed by atoms with Gasteiger partial charge in [0.25, 0.3) is 5.91 Å². The van der Waals surface area contributed by atoms with Gasteiger partial charge in [-0.25, -0.2) is 4.98 Å². The summed E-state index contributed by atoms with van der Waals surface area (Å²) >= 11 is 4.78. The highest BCUT2D eigenvalue weighted by Crippen LogP contribution is 2.28. The highest BCUT2D eigenvalue weighted by Gasteiger charge is 2.24. The van der Waals surface area contributed by atoms with Gasteiger partial charge < -0.3 is 14.8 Å². The minimum absolute atomic E-state index is 0.132. The first-order valence-corrected chi connectivity index (χ1v) is 8.97. The number of rotatable bonds is 6. The van der Waals surface area contributed by atoms with Gasteiger partial charge >= 0.3 is 5.97 Å². The van der Waals surface area contributed by atoms with Crippen molar-refractivity contribution in [3.63, 3.8) is 0 Å². The zero-order valence-corrected chi connectivity index (χ0v) is 15.2. The third-order valence-corrected chi connectivity index (χ3v) is 4.82. The van der Waals surface area contributed by atoms with E-state index in [4.69, 9.17) is 9.52 Å². The molecule has 8 heteroatoms. The molecule has 0 saturated carbocycles. The van der Waals surface area contributed by atoms with Gasteiger partial charge in [-0.3, -0.25) is 9.59 Å². The van der Waals surface area contributed by atoms with E-state index in [1.807, 2.05) is 23.6 Å².